The quantitative estimate of drug-likeness (QED) is 0.731. The molecule has 0 aliphatic heterocycles. The summed E-state index contributed by atoms with van der Waals surface area (Å²) in [6.07, 6.45) is 0.519. The van der Waals surface area contributed by atoms with Gasteiger partial charge in [-0.05, 0) is 29.0 Å². The Kier molecular flexibility index (Phi) is 6.53. The normalized spacial score (nSPS) is 13.5. The van der Waals surface area contributed by atoms with Crippen molar-refractivity contribution < 1.29 is 4.79 Å². The number of hydrogen-bond donors (Lipinski definition) is 3. The number of nitrogens with two attached hydrogens (primary N) is 2. The summed E-state index contributed by atoms with van der Waals surface area (Å²) in [4.78, 5) is 12.1. The fraction of sp³-hybridized carbons (Fsp3) is 0.350. The summed E-state index contributed by atoms with van der Waals surface area (Å²) in [5.74, 6) is 0.319. The second kappa shape index (κ2) is 8.62. The van der Waals surface area contributed by atoms with Crippen LogP contribution in [0.2, 0.25) is 0 Å². The van der Waals surface area contributed by atoms with Crippen molar-refractivity contribution in [2.75, 3.05) is 6.54 Å². The molecule has 0 aromatic heterocycles. The van der Waals surface area contributed by atoms with E-state index in [1.54, 1.807) is 0 Å². The smallest absolute Gasteiger partial charge is 0.237 e. The van der Waals surface area contributed by atoms with Crippen LogP contribution < -0.4 is 16.8 Å². The van der Waals surface area contributed by atoms with Gasteiger partial charge in [-0.1, -0.05) is 68.4 Å². The lowest BCUT2D eigenvalue weighted by atomic mass is 9.99. The number of nitrogens with one attached hydrogen (secondary N) is 1. The van der Waals surface area contributed by atoms with Crippen LogP contribution in [0.5, 0.6) is 0 Å². The average Bonchev–Trinajstić information content (AvgIpc) is 2.60. The Labute approximate surface area is 144 Å². The Bertz CT molecular complexity index is 638. The highest BCUT2D eigenvalue weighted by atomic mass is 16.2. The molecule has 2 aromatic rings. The van der Waals surface area contributed by atoms with E-state index in [1.807, 2.05) is 42.5 Å². The summed E-state index contributed by atoms with van der Waals surface area (Å²) in [5.41, 5.74) is 15.5. The molecule has 5 N–H and O–H groups in total. The fourth-order valence-corrected chi connectivity index (χ4v) is 2.55. The highest BCUT2D eigenvalue weighted by Crippen LogP contribution is 2.17. The lowest BCUT2D eigenvalue weighted by molar-refractivity contribution is -0.122. The predicted octanol–water partition coefficient (Wildman–Crippen LogP) is 2.50. The fourth-order valence-electron chi connectivity index (χ4n) is 2.55. The molecule has 0 radical (unpaired) electrons. The minimum Gasteiger partial charge on any atom is -0.353 e. The maximum atomic E-state index is 12.1. The van der Waals surface area contributed by atoms with Gasteiger partial charge in [0, 0.05) is 12.6 Å². The van der Waals surface area contributed by atoms with Crippen molar-refractivity contribution in [2.24, 2.45) is 11.5 Å². The third kappa shape index (κ3) is 5.18. The summed E-state index contributed by atoms with van der Waals surface area (Å²) >= 11 is 0. The van der Waals surface area contributed by atoms with Crippen molar-refractivity contribution in [3.8, 4) is 0 Å². The van der Waals surface area contributed by atoms with Crippen LogP contribution in [0.25, 0.3) is 0 Å². The monoisotopic (exact) mass is 325 g/mol. The van der Waals surface area contributed by atoms with Gasteiger partial charge in [-0.25, -0.2) is 0 Å². The van der Waals surface area contributed by atoms with Gasteiger partial charge < -0.3 is 16.8 Å². The molecule has 2 atom stereocenters. The molecule has 0 bridgehead atoms. The van der Waals surface area contributed by atoms with Crippen molar-refractivity contribution in [3.05, 3.63) is 71.3 Å². The molecule has 0 fully saturated rings. The lowest BCUT2D eigenvalue weighted by Crippen LogP contribution is -2.44. The molecule has 0 saturated heterocycles. The van der Waals surface area contributed by atoms with E-state index >= 15 is 0 Å². The first-order valence-corrected chi connectivity index (χ1v) is 8.40. The number of benzene rings is 2. The molecule has 0 heterocycles. The molecule has 0 aliphatic rings. The summed E-state index contributed by atoms with van der Waals surface area (Å²) in [6, 6.07) is 17.2. The molecule has 2 aromatic carbocycles. The Balaban J connectivity index is 1.84. The largest absolute Gasteiger partial charge is 0.353 e. The molecule has 24 heavy (non-hydrogen) atoms. The topological polar surface area (TPSA) is 81.1 Å². The van der Waals surface area contributed by atoms with Gasteiger partial charge in [-0.2, -0.15) is 0 Å². The predicted molar refractivity (Wildman–Crippen MR) is 98.6 cm³/mol. The number of carbonyl (C=O) groups excluding carboxylic acids is 1. The molecular formula is C20H27N3O. The lowest BCUT2D eigenvalue weighted by Gasteiger charge is -2.17. The third-order valence-corrected chi connectivity index (χ3v) is 4.16. The number of hydrogen-bond acceptors (Lipinski definition) is 3. The molecule has 0 aliphatic carbocycles. The van der Waals surface area contributed by atoms with E-state index in [9.17, 15) is 4.79 Å². The zero-order valence-corrected chi connectivity index (χ0v) is 14.4. The van der Waals surface area contributed by atoms with Gasteiger partial charge in [-0.3, -0.25) is 4.79 Å². The first kappa shape index (κ1) is 18.2. The molecule has 4 heteroatoms. The molecule has 4 nitrogen and oxygen atoms in total. The third-order valence-electron chi connectivity index (χ3n) is 4.16. The summed E-state index contributed by atoms with van der Waals surface area (Å²) in [7, 11) is 0. The van der Waals surface area contributed by atoms with E-state index in [1.165, 1.54) is 5.56 Å². The van der Waals surface area contributed by atoms with Crippen LogP contribution in [0.1, 0.15) is 42.5 Å². The zero-order chi connectivity index (χ0) is 17.5. The highest BCUT2D eigenvalue weighted by Gasteiger charge is 2.15. The van der Waals surface area contributed by atoms with Gasteiger partial charge in [0.2, 0.25) is 5.91 Å². The van der Waals surface area contributed by atoms with Gasteiger partial charge in [0.1, 0.15) is 0 Å². The van der Waals surface area contributed by atoms with Crippen LogP contribution in [-0.4, -0.2) is 18.5 Å². The second-order valence-electron chi connectivity index (χ2n) is 6.47. The Morgan fingerprint density at radius 3 is 2.12 bits per heavy atom. The Hall–Kier alpha value is -2.17. The second-order valence-corrected chi connectivity index (χ2v) is 6.47. The molecule has 0 spiro atoms. The van der Waals surface area contributed by atoms with E-state index in [0.29, 0.717) is 18.9 Å². The molecule has 1 unspecified atom stereocenters. The molecule has 0 saturated carbocycles. The highest BCUT2D eigenvalue weighted by molar-refractivity contribution is 5.81. The van der Waals surface area contributed by atoms with Crippen LogP contribution >= 0.6 is 0 Å². The minimum absolute atomic E-state index is 0.173. The number of carbonyl (C=O) groups is 1. The van der Waals surface area contributed by atoms with Crippen LogP contribution in [0.3, 0.4) is 0 Å². The van der Waals surface area contributed by atoms with Gasteiger partial charge >= 0.3 is 0 Å². The van der Waals surface area contributed by atoms with Crippen LogP contribution in [0.15, 0.2) is 54.6 Å². The standard InChI is InChI=1S/C20H27N3O/c1-14(2)16-8-10-17(11-9-16)19(22)13-23-20(24)18(21)12-15-6-4-3-5-7-15/h3-11,14,18-19H,12-13,21-22H2,1-2H3,(H,23,24)/t18-,19?/m0/s1. The average molecular weight is 325 g/mol. The van der Waals surface area contributed by atoms with Crippen LogP contribution in [0, 0.1) is 0 Å². The van der Waals surface area contributed by atoms with E-state index in [4.69, 9.17) is 11.5 Å². The Morgan fingerprint density at radius 1 is 0.958 bits per heavy atom. The van der Waals surface area contributed by atoms with E-state index in [-0.39, 0.29) is 11.9 Å². The van der Waals surface area contributed by atoms with Crippen LogP contribution in [-0.2, 0) is 11.2 Å². The first-order chi connectivity index (χ1) is 11.5. The summed E-state index contributed by atoms with van der Waals surface area (Å²) < 4.78 is 0. The van der Waals surface area contributed by atoms with Crippen molar-refractivity contribution in [1.82, 2.24) is 5.32 Å². The molecule has 2 rings (SSSR count). The maximum absolute atomic E-state index is 12.1. The van der Waals surface area contributed by atoms with E-state index < -0.39 is 6.04 Å². The van der Waals surface area contributed by atoms with Crippen molar-refractivity contribution >= 4 is 5.91 Å². The number of rotatable bonds is 7. The molecular weight excluding hydrogens is 298 g/mol. The van der Waals surface area contributed by atoms with Crippen molar-refractivity contribution in [1.29, 1.82) is 0 Å². The van der Waals surface area contributed by atoms with E-state index in [2.05, 4.69) is 31.3 Å². The van der Waals surface area contributed by atoms with Crippen molar-refractivity contribution in [2.45, 2.75) is 38.3 Å². The summed E-state index contributed by atoms with van der Waals surface area (Å²) in [5, 5.41) is 2.85. The number of amides is 1. The van der Waals surface area contributed by atoms with Crippen molar-refractivity contribution in [3.63, 3.8) is 0 Å². The SMILES string of the molecule is CC(C)c1ccc(C(N)CNC(=O)[C@@H](N)Cc2ccccc2)cc1. The summed E-state index contributed by atoms with van der Waals surface area (Å²) in [6.45, 7) is 4.69. The van der Waals surface area contributed by atoms with E-state index in [0.717, 1.165) is 11.1 Å². The molecule has 128 valence electrons. The minimum atomic E-state index is -0.567. The maximum Gasteiger partial charge on any atom is 0.237 e. The van der Waals surface area contributed by atoms with Gasteiger partial charge in [0.25, 0.3) is 0 Å². The zero-order valence-electron chi connectivity index (χ0n) is 14.4. The van der Waals surface area contributed by atoms with Gasteiger partial charge in [0.05, 0.1) is 6.04 Å². The van der Waals surface area contributed by atoms with Gasteiger partial charge in [-0.15, -0.1) is 0 Å². The first-order valence-electron chi connectivity index (χ1n) is 8.40. The Morgan fingerprint density at radius 2 is 1.54 bits per heavy atom. The van der Waals surface area contributed by atoms with Crippen LogP contribution in [0.4, 0.5) is 0 Å². The molecule has 1 amide bonds. The van der Waals surface area contributed by atoms with Gasteiger partial charge in [0.15, 0.2) is 0 Å².